The summed E-state index contributed by atoms with van der Waals surface area (Å²) in [5, 5.41) is 12.7. The summed E-state index contributed by atoms with van der Waals surface area (Å²) in [5.41, 5.74) is 2.01. The first-order valence-electron chi connectivity index (χ1n) is 5.65. The van der Waals surface area contributed by atoms with Gasteiger partial charge in [-0.1, -0.05) is 29.0 Å². The van der Waals surface area contributed by atoms with Crippen LogP contribution in [0.25, 0.3) is 0 Å². The Bertz CT molecular complexity index is 633. The second-order valence-electron chi connectivity index (χ2n) is 4.00. The number of nitrogens with zero attached hydrogens (tertiary/aromatic N) is 2. The number of anilines is 1. The van der Waals surface area contributed by atoms with Crippen molar-refractivity contribution in [1.29, 1.82) is 5.26 Å². The molecule has 1 heterocycles. The van der Waals surface area contributed by atoms with Gasteiger partial charge in [-0.05, 0) is 36.6 Å². The average Bonchev–Trinajstić information content (AvgIpc) is 2.72. The quantitative estimate of drug-likeness (QED) is 0.934. The molecule has 1 N–H and O–H groups in total. The molecule has 0 saturated heterocycles. The van der Waals surface area contributed by atoms with Gasteiger partial charge in [0, 0.05) is 6.54 Å². The molecule has 2 aromatic rings. The van der Waals surface area contributed by atoms with Crippen LogP contribution in [0.4, 0.5) is 9.52 Å². The van der Waals surface area contributed by atoms with Crippen LogP contribution in [0.15, 0.2) is 18.2 Å². The number of nitriles is 1. The molecule has 0 saturated carbocycles. The Morgan fingerprint density at radius 3 is 2.95 bits per heavy atom. The molecule has 1 aromatic heterocycles. The van der Waals surface area contributed by atoms with Gasteiger partial charge in [0.1, 0.15) is 16.8 Å². The summed E-state index contributed by atoms with van der Waals surface area (Å²) in [5.74, 6) is -0.223. The number of hydrogen-bond acceptors (Lipinski definition) is 4. The second-order valence-corrected chi connectivity index (χ2v) is 5.36. The van der Waals surface area contributed by atoms with Crippen molar-refractivity contribution in [2.24, 2.45) is 0 Å². The lowest BCUT2D eigenvalue weighted by Crippen LogP contribution is -2.05. The van der Waals surface area contributed by atoms with Crippen LogP contribution < -0.4 is 5.32 Å². The van der Waals surface area contributed by atoms with Crippen molar-refractivity contribution in [3.63, 3.8) is 0 Å². The molecule has 1 aromatic carbocycles. The van der Waals surface area contributed by atoms with E-state index < -0.39 is 0 Å². The molecule has 3 nitrogen and oxygen atoms in total. The van der Waals surface area contributed by atoms with E-state index in [4.69, 9.17) is 16.9 Å². The van der Waals surface area contributed by atoms with Crippen molar-refractivity contribution in [3.05, 3.63) is 45.2 Å². The number of halogens is 2. The fourth-order valence-electron chi connectivity index (χ4n) is 1.69. The van der Waals surface area contributed by atoms with Crippen molar-refractivity contribution in [2.45, 2.75) is 13.3 Å². The molecular formula is C13H11ClFN3S. The zero-order chi connectivity index (χ0) is 13.8. The molecule has 0 aliphatic heterocycles. The molecule has 19 heavy (non-hydrogen) atoms. The molecule has 0 fully saturated rings. The molecule has 0 atom stereocenters. The van der Waals surface area contributed by atoms with Gasteiger partial charge in [-0.25, -0.2) is 9.37 Å². The van der Waals surface area contributed by atoms with Crippen molar-refractivity contribution in [1.82, 2.24) is 4.98 Å². The number of thiazole rings is 1. The Kier molecular flexibility index (Phi) is 4.35. The molecule has 0 unspecified atom stereocenters. The standard InChI is InChI=1S/C13H11ClFN3S/c1-8-6-10(15)3-2-9(8)4-5-17-13-18-12(14)11(7-16)19-13/h2-3,6H,4-5H2,1H3,(H,17,18). The van der Waals surface area contributed by atoms with Gasteiger partial charge in [-0.3, -0.25) is 0 Å². The van der Waals surface area contributed by atoms with Gasteiger partial charge in [-0.2, -0.15) is 5.26 Å². The van der Waals surface area contributed by atoms with Crippen molar-refractivity contribution >= 4 is 28.1 Å². The number of aryl methyl sites for hydroxylation is 1. The minimum absolute atomic E-state index is 0.223. The largest absolute Gasteiger partial charge is 0.361 e. The summed E-state index contributed by atoms with van der Waals surface area (Å²) in [7, 11) is 0. The molecule has 6 heteroatoms. The fourth-order valence-corrected chi connectivity index (χ4v) is 2.66. The average molecular weight is 296 g/mol. The highest BCUT2D eigenvalue weighted by atomic mass is 35.5. The molecule has 98 valence electrons. The maximum Gasteiger partial charge on any atom is 0.185 e. The SMILES string of the molecule is Cc1cc(F)ccc1CCNc1nc(Cl)c(C#N)s1. The van der Waals surface area contributed by atoms with Crippen LogP contribution >= 0.6 is 22.9 Å². The maximum atomic E-state index is 13.0. The van der Waals surface area contributed by atoms with Crippen LogP contribution in [0.5, 0.6) is 0 Å². The van der Waals surface area contributed by atoms with Gasteiger partial charge in [0.15, 0.2) is 10.3 Å². The van der Waals surface area contributed by atoms with Gasteiger partial charge in [0.25, 0.3) is 0 Å². The molecule has 0 bridgehead atoms. The van der Waals surface area contributed by atoms with Crippen LogP contribution in [0.3, 0.4) is 0 Å². The predicted molar refractivity (Wildman–Crippen MR) is 75.2 cm³/mol. The predicted octanol–water partition coefficient (Wildman–Crippen LogP) is 3.77. The topological polar surface area (TPSA) is 48.7 Å². The highest BCUT2D eigenvalue weighted by Gasteiger charge is 2.08. The maximum absolute atomic E-state index is 13.0. The first-order valence-corrected chi connectivity index (χ1v) is 6.85. The molecule has 0 aliphatic rings. The first-order chi connectivity index (χ1) is 9.10. The summed E-state index contributed by atoms with van der Waals surface area (Å²) < 4.78 is 13.0. The van der Waals surface area contributed by atoms with Gasteiger partial charge in [0.2, 0.25) is 0 Å². The Labute approximate surface area is 119 Å². The molecule has 2 rings (SSSR count). The molecular weight excluding hydrogens is 285 g/mol. The zero-order valence-corrected chi connectivity index (χ0v) is 11.8. The lowest BCUT2D eigenvalue weighted by molar-refractivity contribution is 0.625. The van der Waals surface area contributed by atoms with Gasteiger partial charge in [0.05, 0.1) is 0 Å². The molecule has 0 spiro atoms. The lowest BCUT2D eigenvalue weighted by atomic mass is 10.1. The van der Waals surface area contributed by atoms with Crippen LogP contribution in [0.1, 0.15) is 16.0 Å². The van der Waals surface area contributed by atoms with E-state index in [1.54, 1.807) is 6.07 Å². The van der Waals surface area contributed by atoms with E-state index in [0.717, 1.165) is 17.5 Å². The minimum Gasteiger partial charge on any atom is -0.361 e. The Morgan fingerprint density at radius 1 is 1.53 bits per heavy atom. The highest BCUT2D eigenvalue weighted by Crippen LogP contribution is 2.25. The molecule has 0 amide bonds. The van der Waals surface area contributed by atoms with Crippen LogP contribution in [0, 0.1) is 24.1 Å². The monoisotopic (exact) mass is 295 g/mol. The Morgan fingerprint density at radius 2 is 2.32 bits per heavy atom. The number of nitrogens with one attached hydrogen (secondary N) is 1. The van der Waals surface area contributed by atoms with Gasteiger partial charge in [-0.15, -0.1) is 0 Å². The fraction of sp³-hybridized carbons (Fsp3) is 0.231. The number of hydrogen-bond donors (Lipinski definition) is 1. The second kappa shape index (κ2) is 6.00. The number of rotatable bonds is 4. The van der Waals surface area contributed by atoms with Crippen LogP contribution in [-0.4, -0.2) is 11.5 Å². The number of benzene rings is 1. The Balaban J connectivity index is 1.94. The first kappa shape index (κ1) is 13.8. The summed E-state index contributed by atoms with van der Waals surface area (Å²) in [6.07, 6.45) is 0.755. The normalized spacial score (nSPS) is 10.2. The van der Waals surface area contributed by atoms with E-state index >= 15 is 0 Å². The minimum atomic E-state index is -0.223. The number of aromatic nitrogens is 1. The Hall–Kier alpha value is -1.64. The zero-order valence-electron chi connectivity index (χ0n) is 10.2. The van der Waals surface area contributed by atoms with Gasteiger partial charge >= 0.3 is 0 Å². The van der Waals surface area contributed by atoms with Crippen molar-refractivity contribution < 1.29 is 4.39 Å². The molecule has 0 radical (unpaired) electrons. The van der Waals surface area contributed by atoms with E-state index in [-0.39, 0.29) is 11.0 Å². The van der Waals surface area contributed by atoms with E-state index in [2.05, 4.69) is 10.3 Å². The van der Waals surface area contributed by atoms with Crippen LogP contribution in [-0.2, 0) is 6.42 Å². The molecule has 0 aliphatic carbocycles. The van der Waals surface area contributed by atoms with E-state index in [1.807, 2.05) is 13.0 Å². The summed E-state index contributed by atoms with van der Waals surface area (Å²) in [6.45, 7) is 2.54. The summed E-state index contributed by atoms with van der Waals surface area (Å²) in [4.78, 5) is 4.44. The van der Waals surface area contributed by atoms with Gasteiger partial charge < -0.3 is 5.32 Å². The van der Waals surface area contributed by atoms with E-state index in [0.29, 0.717) is 16.6 Å². The van der Waals surface area contributed by atoms with Crippen molar-refractivity contribution in [2.75, 3.05) is 11.9 Å². The highest BCUT2D eigenvalue weighted by molar-refractivity contribution is 7.16. The summed E-state index contributed by atoms with van der Waals surface area (Å²) >= 11 is 7.00. The third-order valence-electron chi connectivity index (χ3n) is 2.66. The van der Waals surface area contributed by atoms with Crippen molar-refractivity contribution in [3.8, 4) is 6.07 Å². The summed E-state index contributed by atoms with van der Waals surface area (Å²) in [6, 6.07) is 6.73. The lowest BCUT2D eigenvalue weighted by Gasteiger charge is -2.06. The van der Waals surface area contributed by atoms with E-state index in [9.17, 15) is 4.39 Å². The smallest absolute Gasteiger partial charge is 0.185 e. The van der Waals surface area contributed by atoms with E-state index in [1.165, 1.54) is 23.5 Å². The third kappa shape index (κ3) is 3.43. The third-order valence-corrected chi connectivity index (χ3v) is 3.97. The van der Waals surface area contributed by atoms with Crippen LogP contribution in [0.2, 0.25) is 5.15 Å².